The zero-order valence-electron chi connectivity index (χ0n) is 10.8. The Labute approximate surface area is 108 Å². The first-order valence-corrected chi connectivity index (χ1v) is 6.12. The summed E-state index contributed by atoms with van der Waals surface area (Å²) in [6, 6.07) is 11.7. The highest BCUT2D eigenvalue weighted by Gasteiger charge is 2.05. The second kappa shape index (κ2) is 7.14. The lowest BCUT2D eigenvalue weighted by molar-refractivity contribution is 0.642. The molecule has 1 aromatic rings. The third kappa shape index (κ3) is 3.64. The zero-order chi connectivity index (χ0) is 13.4. The lowest BCUT2D eigenvalue weighted by Gasteiger charge is -2.13. The van der Waals surface area contributed by atoms with E-state index in [0.717, 1.165) is 18.5 Å². The molecule has 0 bridgehead atoms. The van der Waals surface area contributed by atoms with Gasteiger partial charge >= 0.3 is 0 Å². The molecule has 0 saturated carbocycles. The number of anilines is 1. The summed E-state index contributed by atoms with van der Waals surface area (Å²) >= 11 is 0. The van der Waals surface area contributed by atoms with Crippen LogP contribution in [0.1, 0.15) is 38.2 Å². The minimum Gasteiger partial charge on any atom is -0.360 e. The highest BCUT2D eigenvalue weighted by molar-refractivity contribution is 5.50. The van der Waals surface area contributed by atoms with Gasteiger partial charge in [-0.05, 0) is 36.5 Å². The molecule has 3 heteroatoms. The Bertz CT molecular complexity index is 466. The van der Waals surface area contributed by atoms with E-state index in [1.807, 2.05) is 24.3 Å². The minimum atomic E-state index is 0.0686. The van der Waals surface area contributed by atoms with Gasteiger partial charge in [0.2, 0.25) is 0 Å². The van der Waals surface area contributed by atoms with Gasteiger partial charge in [0.1, 0.15) is 17.7 Å². The van der Waals surface area contributed by atoms with Crippen LogP contribution in [0, 0.1) is 22.7 Å². The molecule has 0 atom stereocenters. The number of rotatable bonds is 5. The average molecular weight is 239 g/mol. The topological polar surface area (TPSA) is 59.6 Å². The Kier molecular flexibility index (Phi) is 5.48. The molecule has 1 rings (SSSR count). The van der Waals surface area contributed by atoms with Crippen molar-refractivity contribution in [3.05, 3.63) is 41.6 Å². The van der Waals surface area contributed by atoms with E-state index in [9.17, 15) is 0 Å². The first-order valence-electron chi connectivity index (χ1n) is 6.12. The number of nitrogens with zero attached hydrogens (tertiary/aromatic N) is 2. The van der Waals surface area contributed by atoms with E-state index in [-0.39, 0.29) is 5.57 Å². The summed E-state index contributed by atoms with van der Waals surface area (Å²) in [6.45, 7) is 4.38. The monoisotopic (exact) mass is 239 g/mol. The van der Waals surface area contributed by atoms with Gasteiger partial charge < -0.3 is 5.32 Å². The van der Waals surface area contributed by atoms with Gasteiger partial charge in [-0.25, -0.2) is 0 Å². The molecule has 0 aliphatic rings. The lowest BCUT2D eigenvalue weighted by Crippen LogP contribution is -1.96. The van der Waals surface area contributed by atoms with Crippen LogP contribution in [0.3, 0.4) is 0 Å². The van der Waals surface area contributed by atoms with Gasteiger partial charge in [0.25, 0.3) is 0 Å². The molecule has 18 heavy (non-hydrogen) atoms. The number of nitriles is 2. The Morgan fingerprint density at radius 2 is 1.72 bits per heavy atom. The molecule has 0 aromatic heterocycles. The zero-order valence-corrected chi connectivity index (χ0v) is 10.8. The van der Waals surface area contributed by atoms with Crippen LogP contribution >= 0.6 is 0 Å². The summed E-state index contributed by atoms with van der Waals surface area (Å²) < 4.78 is 0. The van der Waals surface area contributed by atoms with Gasteiger partial charge in [0.15, 0.2) is 0 Å². The summed E-state index contributed by atoms with van der Waals surface area (Å²) in [7, 11) is 0. The van der Waals surface area contributed by atoms with Crippen LogP contribution in [0.5, 0.6) is 0 Å². The molecule has 3 nitrogen and oxygen atoms in total. The molecule has 0 aliphatic heterocycles. The van der Waals surface area contributed by atoms with E-state index in [1.165, 1.54) is 11.8 Å². The molecule has 0 heterocycles. The van der Waals surface area contributed by atoms with Crippen LogP contribution in [-0.2, 0) is 0 Å². The van der Waals surface area contributed by atoms with Gasteiger partial charge in [0, 0.05) is 11.9 Å². The largest absolute Gasteiger partial charge is 0.360 e. The fraction of sp³-hybridized carbons (Fsp3) is 0.333. The van der Waals surface area contributed by atoms with E-state index in [4.69, 9.17) is 10.5 Å². The molecule has 0 saturated heterocycles. The van der Waals surface area contributed by atoms with E-state index in [1.54, 1.807) is 0 Å². The predicted molar refractivity (Wildman–Crippen MR) is 72.7 cm³/mol. The fourth-order valence-electron chi connectivity index (χ4n) is 1.86. The molecule has 1 aromatic carbocycles. The quantitative estimate of drug-likeness (QED) is 0.792. The van der Waals surface area contributed by atoms with Crippen molar-refractivity contribution < 1.29 is 0 Å². The highest BCUT2D eigenvalue weighted by atomic mass is 14.8. The number of allylic oxidation sites excluding steroid dienone is 1. The molecular weight excluding hydrogens is 222 g/mol. The first-order chi connectivity index (χ1) is 8.74. The molecule has 0 fully saturated rings. The van der Waals surface area contributed by atoms with Crippen molar-refractivity contribution in [3.63, 3.8) is 0 Å². The molecule has 1 N–H and O–H groups in total. The lowest BCUT2D eigenvalue weighted by atomic mass is 9.94. The Morgan fingerprint density at radius 1 is 1.17 bits per heavy atom. The van der Waals surface area contributed by atoms with E-state index >= 15 is 0 Å². The standard InChI is InChI=1S/C15H17N3/c1-3-13(4-2)14-5-7-15(8-6-14)18-11-12(9-16)10-17/h5-8,11,13,18H,3-4H2,1-2H3. The molecule has 0 aliphatic carbocycles. The van der Waals surface area contributed by atoms with Gasteiger partial charge in [-0.2, -0.15) is 10.5 Å². The SMILES string of the molecule is CCC(CC)c1ccc(NC=C(C#N)C#N)cc1. The van der Waals surface area contributed by atoms with Crippen LogP contribution < -0.4 is 5.32 Å². The maximum absolute atomic E-state index is 8.60. The Morgan fingerprint density at radius 3 is 2.17 bits per heavy atom. The number of hydrogen-bond acceptors (Lipinski definition) is 3. The van der Waals surface area contributed by atoms with Crippen molar-refractivity contribution >= 4 is 5.69 Å². The fourth-order valence-corrected chi connectivity index (χ4v) is 1.86. The number of nitrogens with one attached hydrogen (secondary N) is 1. The molecule has 0 unspecified atom stereocenters. The normalized spacial score (nSPS) is 9.39. The van der Waals surface area contributed by atoms with E-state index < -0.39 is 0 Å². The van der Waals surface area contributed by atoms with Crippen molar-refractivity contribution in [3.8, 4) is 12.1 Å². The molecule has 92 valence electrons. The Hall–Kier alpha value is -2.26. The summed E-state index contributed by atoms with van der Waals surface area (Å²) in [4.78, 5) is 0. The van der Waals surface area contributed by atoms with Crippen molar-refractivity contribution in [1.29, 1.82) is 10.5 Å². The highest BCUT2D eigenvalue weighted by Crippen LogP contribution is 2.24. The van der Waals surface area contributed by atoms with Crippen LogP contribution in [0.4, 0.5) is 5.69 Å². The molecule has 0 radical (unpaired) electrons. The van der Waals surface area contributed by atoms with Crippen molar-refractivity contribution in [1.82, 2.24) is 0 Å². The summed E-state index contributed by atoms with van der Waals surface area (Å²) in [5.41, 5.74) is 2.28. The number of hydrogen-bond donors (Lipinski definition) is 1. The summed E-state index contributed by atoms with van der Waals surface area (Å²) in [6.07, 6.45) is 3.69. The minimum absolute atomic E-state index is 0.0686. The molecule has 0 spiro atoms. The smallest absolute Gasteiger partial charge is 0.145 e. The summed E-state index contributed by atoms with van der Waals surface area (Å²) in [5.74, 6) is 0.600. The predicted octanol–water partition coefficient (Wildman–Crippen LogP) is 3.93. The third-order valence-electron chi connectivity index (χ3n) is 2.99. The Balaban J connectivity index is 2.76. The van der Waals surface area contributed by atoms with Gasteiger partial charge in [0.05, 0.1) is 0 Å². The van der Waals surface area contributed by atoms with Crippen molar-refractivity contribution in [2.24, 2.45) is 0 Å². The maximum Gasteiger partial charge on any atom is 0.145 e. The van der Waals surface area contributed by atoms with Gasteiger partial charge in [-0.1, -0.05) is 26.0 Å². The van der Waals surface area contributed by atoms with Gasteiger partial charge in [-0.15, -0.1) is 0 Å². The van der Waals surface area contributed by atoms with Crippen LogP contribution in [-0.4, -0.2) is 0 Å². The second-order valence-electron chi connectivity index (χ2n) is 4.06. The van der Waals surface area contributed by atoms with Crippen molar-refractivity contribution in [2.45, 2.75) is 32.6 Å². The maximum atomic E-state index is 8.60. The molecule has 0 amide bonds. The van der Waals surface area contributed by atoms with Crippen LogP contribution in [0.25, 0.3) is 0 Å². The summed E-state index contributed by atoms with van der Waals surface area (Å²) in [5, 5.41) is 20.1. The van der Waals surface area contributed by atoms with Gasteiger partial charge in [-0.3, -0.25) is 0 Å². The molecular formula is C15H17N3. The number of benzene rings is 1. The van der Waals surface area contributed by atoms with Crippen molar-refractivity contribution in [2.75, 3.05) is 5.32 Å². The van der Waals surface area contributed by atoms with Crippen LogP contribution in [0.2, 0.25) is 0 Å². The van der Waals surface area contributed by atoms with E-state index in [0.29, 0.717) is 5.92 Å². The van der Waals surface area contributed by atoms with Crippen LogP contribution in [0.15, 0.2) is 36.0 Å². The second-order valence-corrected chi connectivity index (χ2v) is 4.06. The van der Waals surface area contributed by atoms with E-state index in [2.05, 4.69) is 31.3 Å². The third-order valence-corrected chi connectivity index (χ3v) is 2.99. The first kappa shape index (κ1) is 13.8. The average Bonchev–Trinajstić information content (AvgIpc) is 2.43.